The summed E-state index contributed by atoms with van der Waals surface area (Å²) in [5.41, 5.74) is 2.01. The van der Waals surface area contributed by atoms with Gasteiger partial charge < -0.3 is 18.7 Å². The number of thiazole rings is 1. The summed E-state index contributed by atoms with van der Waals surface area (Å²) in [5.74, 6) is 0.902. The van der Waals surface area contributed by atoms with Gasteiger partial charge in [-0.2, -0.15) is 0 Å². The zero-order chi connectivity index (χ0) is 29.9. The molecular formula is C36H37NO4SSi. The number of methoxy groups -OCH3 is 1. The topological polar surface area (TPSA) is 57.6 Å². The van der Waals surface area contributed by atoms with Crippen LogP contribution in [0, 0.1) is 0 Å². The van der Waals surface area contributed by atoms with Crippen LogP contribution in [0.3, 0.4) is 0 Å². The molecule has 1 aromatic heterocycles. The lowest BCUT2D eigenvalue weighted by molar-refractivity contribution is -0.108. The molecule has 5 rings (SSSR count). The van der Waals surface area contributed by atoms with Crippen molar-refractivity contribution >= 4 is 41.5 Å². The summed E-state index contributed by atoms with van der Waals surface area (Å²) in [4.78, 5) is 16.0. The van der Waals surface area contributed by atoms with Crippen LogP contribution in [0.15, 0.2) is 121 Å². The SMILES string of the molecule is COc1ccc(CO[C@H](CO[Si](c2ccccc2)(c2ccccc2)c2ccccc2)Cc2nc([C@@H](C)CC=O)cs2)cc1. The van der Waals surface area contributed by atoms with Crippen molar-refractivity contribution in [2.24, 2.45) is 0 Å². The molecule has 0 unspecified atom stereocenters. The fraction of sp³-hybridized carbons (Fsp3) is 0.222. The second kappa shape index (κ2) is 15.0. The number of benzene rings is 4. The van der Waals surface area contributed by atoms with E-state index < -0.39 is 8.32 Å². The van der Waals surface area contributed by atoms with Gasteiger partial charge in [0.25, 0.3) is 8.32 Å². The van der Waals surface area contributed by atoms with Crippen LogP contribution in [0.1, 0.15) is 35.5 Å². The molecule has 0 fully saturated rings. The highest BCUT2D eigenvalue weighted by molar-refractivity contribution is 7.09. The van der Waals surface area contributed by atoms with E-state index in [1.807, 2.05) is 49.4 Å². The van der Waals surface area contributed by atoms with E-state index in [2.05, 4.69) is 78.2 Å². The van der Waals surface area contributed by atoms with E-state index in [4.69, 9.17) is 18.9 Å². The Bertz CT molecular complexity index is 1450. The smallest absolute Gasteiger partial charge is 0.288 e. The van der Waals surface area contributed by atoms with Gasteiger partial charge in [0.05, 0.1) is 37.1 Å². The third-order valence-corrected chi connectivity index (χ3v) is 12.5. The molecule has 0 N–H and O–H groups in total. The van der Waals surface area contributed by atoms with Crippen LogP contribution in [-0.4, -0.2) is 39.4 Å². The highest BCUT2D eigenvalue weighted by Gasteiger charge is 2.42. The van der Waals surface area contributed by atoms with E-state index in [-0.39, 0.29) is 12.0 Å². The van der Waals surface area contributed by atoms with Crippen LogP contribution in [-0.2, 0) is 27.0 Å². The van der Waals surface area contributed by atoms with Gasteiger partial charge >= 0.3 is 0 Å². The Morgan fingerprint density at radius 1 is 0.814 bits per heavy atom. The molecule has 0 saturated heterocycles. The number of rotatable bonds is 15. The molecule has 7 heteroatoms. The maximum absolute atomic E-state index is 11.1. The molecule has 5 aromatic rings. The van der Waals surface area contributed by atoms with Gasteiger partial charge in [-0.15, -0.1) is 11.3 Å². The highest BCUT2D eigenvalue weighted by Crippen LogP contribution is 2.23. The second-order valence-corrected chi connectivity index (χ2v) is 14.9. The van der Waals surface area contributed by atoms with Crippen LogP contribution < -0.4 is 20.3 Å². The van der Waals surface area contributed by atoms with Crippen molar-refractivity contribution in [1.29, 1.82) is 0 Å². The molecule has 220 valence electrons. The molecule has 1 heterocycles. The molecule has 0 aliphatic heterocycles. The summed E-state index contributed by atoms with van der Waals surface area (Å²) in [5, 5.41) is 6.58. The third kappa shape index (κ3) is 7.56. The van der Waals surface area contributed by atoms with Crippen molar-refractivity contribution in [3.63, 3.8) is 0 Å². The quantitative estimate of drug-likeness (QED) is 0.0874. The van der Waals surface area contributed by atoms with Gasteiger partial charge in [0.2, 0.25) is 0 Å². The largest absolute Gasteiger partial charge is 0.497 e. The zero-order valence-corrected chi connectivity index (χ0v) is 26.4. The summed E-state index contributed by atoms with van der Waals surface area (Å²) < 4.78 is 19.2. The minimum atomic E-state index is -2.90. The number of nitrogens with zero attached hydrogens (tertiary/aromatic N) is 1. The van der Waals surface area contributed by atoms with Crippen molar-refractivity contribution < 1.29 is 18.7 Å². The van der Waals surface area contributed by atoms with E-state index >= 15 is 0 Å². The van der Waals surface area contributed by atoms with Crippen molar-refractivity contribution in [1.82, 2.24) is 4.98 Å². The lowest BCUT2D eigenvalue weighted by Crippen LogP contribution is -2.69. The molecule has 0 spiro atoms. The number of carbonyl (C=O) groups is 1. The predicted molar refractivity (Wildman–Crippen MR) is 176 cm³/mol. The predicted octanol–water partition coefficient (Wildman–Crippen LogP) is 5.66. The maximum Gasteiger partial charge on any atom is 0.288 e. The Morgan fingerprint density at radius 3 is 1.88 bits per heavy atom. The zero-order valence-electron chi connectivity index (χ0n) is 24.6. The van der Waals surface area contributed by atoms with E-state index in [1.165, 1.54) is 15.6 Å². The Morgan fingerprint density at radius 2 is 1.37 bits per heavy atom. The van der Waals surface area contributed by atoms with Crippen LogP contribution in [0.2, 0.25) is 0 Å². The maximum atomic E-state index is 11.1. The van der Waals surface area contributed by atoms with Gasteiger partial charge in [-0.05, 0) is 33.3 Å². The van der Waals surface area contributed by atoms with Crippen molar-refractivity contribution in [2.75, 3.05) is 13.7 Å². The first-order valence-electron chi connectivity index (χ1n) is 14.6. The van der Waals surface area contributed by atoms with Crippen molar-refractivity contribution in [3.8, 4) is 5.75 Å². The lowest BCUT2D eigenvalue weighted by atomic mass is 10.1. The first-order chi connectivity index (χ1) is 21.1. The minimum Gasteiger partial charge on any atom is -0.497 e. The molecule has 43 heavy (non-hydrogen) atoms. The van der Waals surface area contributed by atoms with Crippen LogP contribution in [0.4, 0.5) is 0 Å². The Labute approximate surface area is 259 Å². The molecule has 4 aromatic carbocycles. The van der Waals surface area contributed by atoms with Crippen LogP contribution in [0.25, 0.3) is 0 Å². The monoisotopic (exact) mass is 607 g/mol. The Hall–Kier alpha value is -3.88. The Kier molecular flexibility index (Phi) is 10.7. The number of hydrogen-bond acceptors (Lipinski definition) is 6. The molecule has 2 atom stereocenters. The number of aldehydes is 1. The van der Waals surface area contributed by atoms with Crippen LogP contribution in [0.5, 0.6) is 5.75 Å². The van der Waals surface area contributed by atoms with E-state index in [0.717, 1.165) is 28.3 Å². The molecule has 5 nitrogen and oxygen atoms in total. The molecule has 0 aliphatic carbocycles. The second-order valence-electron chi connectivity index (χ2n) is 10.5. The van der Waals surface area contributed by atoms with Gasteiger partial charge in [0.15, 0.2) is 0 Å². The fourth-order valence-electron chi connectivity index (χ4n) is 5.19. The first-order valence-corrected chi connectivity index (χ1v) is 17.3. The van der Waals surface area contributed by atoms with Gasteiger partial charge in [-0.25, -0.2) is 4.98 Å². The average Bonchev–Trinajstić information content (AvgIpc) is 3.54. The van der Waals surface area contributed by atoms with Crippen LogP contribution >= 0.6 is 11.3 Å². The molecule has 0 bridgehead atoms. The Balaban J connectivity index is 1.48. The number of hydrogen-bond donors (Lipinski definition) is 0. The molecule has 0 saturated carbocycles. The number of aromatic nitrogens is 1. The highest BCUT2D eigenvalue weighted by atomic mass is 32.1. The lowest BCUT2D eigenvalue weighted by Gasteiger charge is -2.34. The summed E-state index contributed by atoms with van der Waals surface area (Å²) in [6.45, 7) is 2.86. The minimum absolute atomic E-state index is 0.0896. The number of carbonyl (C=O) groups excluding carboxylic acids is 1. The van der Waals surface area contributed by atoms with Gasteiger partial charge in [0, 0.05) is 24.1 Å². The average molecular weight is 608 g/mol. The van der Waals surface area contributed by atoms with E-state index in [9.17, 15) is 4.79 Å². The third-order valence-electron chi connectivity index (χ3n) is 7.60. The van der Waals surface area contributed by atoms with E-state index in [1.54, 1.807) is 18.4 Å². The summed E-state index contributed by atoms with van der Waals surface area (Å²) in [6.07, 6.45) is 1.78. The summed E-state index contributed by atoms with van der Waals surface area (Å²) in [7, 11) is -1.23. The van der Waals surface area contributed by atoms with Crippen molar-refractivity contribution in [3.05, 3.63) is 137 Å². The number of ether oxygens (including phenoxy) is 2. The summed E-state index contributed by atoms with van der Waals surface area (Å²) in [6, 6.07) is 39.7. The van der Waals surface area contributed by atoms with Crippen molar-refractivity contribution in [2.45, 2.75) is 38.4 Å². The van der Waals surface area contributed by atoms with Gasteiger partial charge in [-0.1, -0.05) is 110 Å². The molecule has 0 amide bonds. The standard InChI is InChI=1S/C36H37NO4SSi/c1-28(22-23-38)35-27-42-36(37-35)24-31(40-25-29-18-20-30(39-2)21-19-29)26-41-43(32-12-6-3-7-13-32,33-14-8-4-9-15-33)34-16-10-5-11-17-34/h3-21,23,27-28,31H,22,24-26H2,1-2H3/t28-,31-/m0/s1. The fourth-order valence-corrected chi connectivity index (χ4v) is 10.1. The molecule has 0 aliphatic rings. The first kappa shape index (κ1) is 30.6. The normalized spacial score (nSPS) is 12.9. The van der Waals surface area contributed by atoms with Gasteiger partial charge in [0.1, 0.15) is 12.0 Å². The molecular weight excluding hydrogens is 571 g/mol. The molecule has 0 radical (unpaired) electrons. The van der Waals surface area contributed by atoms with E-state index in [0.29, 0.717) is 26.1 Å². The van der Waals surface area contributed by atoms with Gasteiger partial charge in [-0.3, -0.25) is 0 Å². The summed E-state index contributed by atoms with van der Waals surface area (Å²) >= 11 is 1.61.